The Labute approximate surface area is 191 Å². The number of rotatable bonds is 9. The van der Waals surface area contributed by atoms with Crippen LogP contribution in [0, 0.1) is 6.92 Å². The molecule has 8 nitrogen and oxygen atoms in total. The van der Waals surface area contributed by atoms with Crippen LogP contribution in [-0.4, -0.2) is 65.7 Å². The number of anilines is 1. The normalized spacial score (nSPS) is 16.5. The molecule has 2 amide bonds. The van der Waals surface area contributed by atoms with E-state index >= 15 is 0 Å². The van der Waals surface area contributed by atoms with Gasteiger partial charge >= 0.3 is 0 Å². The summed E-state index contributed by atoms with van der Waals surface area (Å²) in [6.45, 7) is 6.92. The van der Waals surface area contributed by atoms with Crippen molar-refractivity contribution >= 4 is 41.0 Å². The Morgan fingerprint density at radius 3 is 2.61 bits per heavy atom. The topological polar surface area (TPSA) is 96.7 Å². The smallest absolute Gasteiger partial charge is 0.238 e. The van der Waals surface area contributed by atoms with E-state index in [0.717, 1.165) is 18.7 Å². The molecule has 1 aromatic carbocycles. The maximum atomic E-state index is 12.4. The minimum absolute atomic E-state index is 0.0336. The highest BCUT2D eigenvalue weighted by molar-refractivity contribution is 8.01. The zero-order chi connectivity index (χ0) is 22.2. The summed E-state index contributed by atoms with van der Waals surface area (Å²) in [7, 11) is 0. The summed E-state index contributed by atoms with van der Waals surface area (Å²) < 4.78 is 10.4. The van der Waals surface area contributed by atoms with Gasteiger partial charge in [0.25, 0.3) is 0 Å². The molecule has 31 heavy (non-hydrogen) atoms. The average Bonchev–Trinajstić information content (AvgIpc) is 3.18. The van der Waals surface area contributed by atoms with E-state index in [1.165, 1.54) is 11.8 Å². The highest BCUT2D eigenvalue weighted by Gasteiger charge is 2.24. The number of halogens is 1. The number of aromatic nitrogens is 1. The van der Waals surface area contributed by atoms with Gasteiger partial charge in [0.05, 0.1) is 30.3 Å². The fraction of sp³-hybridized carbons (Fsp3) is 0.476. The molecule has 0 spiro atoms. The predicted octanol–water partition coefficient (Wildman–Crippen LogP) is 2.89. The summed E-state index contributed by atoms with van der Waals surface area (Å²) in [6.07, 6.45) is 0. The molecule has 0 bridgehead atoms. The van der Waals surface area contributed by atoms with Gasteiger partial charge in [0.15, 0.2) is 5.82 Å². The van der Waals surface area contributed by atoms with Gasteiger partial charge in [0.2, 0.25) is 11.8 Å². The van der Waals surface area contributed by atoms with Gasteiger partial charge in [-0.25, -0.2) is 0 Å². The third kappa shape index (κ3) is 7.24. The molecule has 2 heterocycles. The maximum absolute atomic E-state index is 12.4. The van der Waals surface area contributed by atoms with Gasteiger partial charge in [-0.05, 0) is 31.5 Å². The number of hydrogen-bond acceptors (Lipinski definition) is 7. The first-order valence-electron chi connectivity index (χ1n) is 10.1. The molecular formula is C21H27ClN4O4S. The second-order valence-electron chi connectivity index (χ2n) is 7.29. The van der Waals surface area contributed by atoms with Crippen molar-refractivity contribution in [2.45, 2.75) is 25.1 Å². The van der Waals surface area contributed by atoms with E-state index < -0.39 is 5.25 Å². The molecular weight excluding hydrogens is 440 g/mol. The van der Waals surface area contributed by atoms with Crippen LogP contribution in [0.5, 0.6) is 0 Å². The number of nitrogens with one attached hydrogen (secondary N) is 2. The number of benzene rings is 1. The van der Waals surface area contributed by atoms with E-state index in [4.69, 9.17) is 20.9 Å². The van der Waals surface area contributed by atoms with Crippen LogP contribution in [0.3, 0.4) is 0 Å². The SMILES string of the molecule is Cc1cc(NC(=O)C(C)SCC(=O)NCC(c2ccc(Cl)cc2)N2CCOCC2)no1. The third-order valence-corrected chi connectivity index (χ3v) is 6.34. The average molecular weight is 467 g/mol. The molecule has 1 aliphatic rings. The number of amides is 2. The number of ether oxygens (including phenoxy) is 1. The number of nitrogens with zero attached hydrogens (tertiary/aromatic N) is 2. The first-order valence-corrected chi connectivity index (χ1v) is 11.5. The highest BCUT2D eigenvalue weighted by Crippen LogP contribution is 2.23. The van der Waals surface area contributed by atoms with Crippen molar-refractivity contribution in [1.29, 1.82) is 0 Å². The van der Waals surface area contributed by atoms with E-state index in [1.807, 2.05) is 24.3 Å². The quantitative estimate of drug-likeness (QED) is 0.586. The largest absolute Gasteiger partial charge is 0.379 e. The Kier molecular flexibility index (Phi) is 8.77. The maximum Gasteiger partial charge on any atom is 0.238 e. The second-order valence-corrected chi connectivity index (χ2v) is 9.05. The van der Waals surface area contributed by atoms with Crippen molar-refractivity contribution in [3.63, 3.8) is 0 Å². The number of aryl methyl sites for hydroxylation is 1. The number of morpholine rings is 1. The summed E-state index contributed by atoms with van der Waals surface area (Å²) in [4.78, 5) is 27.0. The molecule has 0 aliphatic carbocycles. The summed E-state index contributed by atoms with van der Waals surface area (Å²) in [6, 6.07) is 9.37. The van der Waals surface area contributed by atoms with E-state index in [2.05, 4.69) is 20.7 Å². The van der Waals surface area contributed by atoms with Crippen molar-refractivity contribution < 1.29 is 18.8 Å². The third-order valence-electron chi connectivity index (χ3n) is 4.95. The van der Waals surface area contributed by atoms with Crippen molar-refractivity contribution in [3.8, 4) is 0 Å². The van der Waals surface area contributed by atoms with Crippen molar-refractivity contribution in [2.75, 3.05) is 43.9 Å². The molecule has 2 N–H and O–H groups in total. The predicted molar refractivity (Wildman–Crippen MR) is 121 cm³/mol. The van der Waals surface area contributed by atoms with Crippen LogP contribution in [0.15, 0.2) is 34.9 Å². The lowest BCUT2D eigenvalue weighted by Crippen LogP contribution is -2.44. The number of hydrogen-bond donors (Lipinski definition) is 2. The Hall–Kier alpha value is -2.07. The van der Waals surface area contributed by atoms with Gasteiger partial charge in [0, 0.05) is 30.7 Å². The fourth-order valence-electron chi connectivity index (χ4n) is 3.22. The highest BCUT2D eigenvalue weighted by atomic mass is 35.5. The van der Waals surface area contributed by atoms with Crippen LogP contribution in [0.4, 0.5) is 5.82 Å². The second kappa shape index (κ2) is 11.5. The van der Waals surface area contributed by atoms with Gasteiger partial charge in [0.1, 0.15) is 5.76 Å². The molecule has 2 unspecified atom stereocenters. The van der Waals surface area contributed by atoms with Crippen LogP contribution >= 0.6 is 23.4 Å². The molecule has 1 fully saturated rings. The van der Waals surface area contributed by atoms with Gasteiger partial charge in [-0.1, -0.05) is 28.9 Å². The fourth-order valence-corrected chi connectivity index (χ4v) is 4.06. The minimum atomic E-state index is -0.408. The Balaban J connectivity index is 1.49. The Bertz CT molecular complexity index is 871. The molecule has 3 rings (SSSR count). The molecule has 0 radical (unpaired) electrons. The molecule has 2 aromatic rings. The van der Waals surface area contributed by atoms with Gasteiger partial charge in [-0.2, -0.15) is 0 Å². The Morgan fingerprint density at radius 1 is 1.26 bits per heavy atom. The summed E-state index contributed by atoms with van der Waals surface area (Å²) in [5.74, 6) is 0.830. The number of carbonyl (C=O) groups is 2. The molecule has 168 valence electrons. The van der Waals surface area contributed by atoms with Crippen LogP contribution in [0.25, 0.3) is 0 Å². The summed E-state index contributed by atoms with van der Waals surface area (Å²) in [5.41, 5.74) is 1.09. The number of carbonyl (C=O) groups excluding carboxylic acids is 2. The van der Waals surface area contributed by atoms with Crippen molar-refractivity contribution in [3.05, 3.63) is 46.7 Å². The lowest BCUT2D eigenvalue weighted by atomic mass is 10.0. The van der Waals surface area contributed by atoms with E-state index in [9.17, 15) is 9.59 Å². The summed E-state index contributed by atoms with van der Waals surface area (Å²) in [5, 5.41) is 9.70. The molecule has 1 saturated heterocycles. The van der Waals surface area contributed by atoms with Gasteiger partial charge in [-0.3, -0.25) is 14.5 Å². The lowest BCUT2D eigenvalue weighted by Gasteiger charge is -2.35. The zero-order valence-corrected chi connectivity index (χ0v) is 19.2. The number of thioether (sulfide) groups is 1. The summed E-state index contributed by atoms with van der Waals surface area (Å²) >= 11 is 7.30. The Morgan fingerprint density at radius 2 is 1.97 bits per heavy atom. The molecule has 1 aliphatic heterocycles. The molecule has 1 aromatic heterocycles. The minimum Gasteiger partial charge on any atom is -0.379 e. The van der Waals surface area contributed by atoms with Gasteiger partial charge in [-0.15, -0.1) is 11.8 Å². The van der Waals surface area contributed by atoms with E-state index in [0.29, 0.717) is 36.4 Å². The van der Waals surface area contributed by atoms with Crippen LogP contribution in [0.1, 0.15) is 24.3 Å². The lowest BCUT2D eigenvalue weighted by molar-refractivity contribution is -0.118. The van der Waals surface area contributed by atoms with E-state index in [1.54, 1.807) is 19.9 Å². The van der Waals surface area contributed by atoms with Gasteiger partial charge < -0.3 is 19.9 Å². The molecule has 10 heteroatoms. The van der Waals surface area contributed by atoms with Crippen molar-refractivity contribution in [2.24, 2.45) is 0 Å². The van der Waals surface area contributed by atoms with Crippen LogP contribution in [-0.2, 0) is 14.3 Å². The van der Waals surface area contributed by atoms with E-state index in [-0.39, 0.29) is 23.6 Å². The first kappa shape index (κ1) is 23.6. The van der Waals surface area contributed by atoms with Crippen LogP contribution in [0.2, 0.25) is 5.02 Å². The zero-order valence-electron chi connectivity index (χ0n) is 17.6. The molecule has 2 atom stereocenters. The van der Waals surface area contributed by atoms with Crippen molar-refractivity contribution in [1.82, 2.24) is 15.4 Å². The standard InChI is InChI=1S/C21H27ClN4O4S/c1-14-11-19(25-30-14)24-21(28)15(2)31-13-20(27)23-12-18(26-7-9-29-10-8-26)16-3-5-17(22)6-4-16/h3-6,11,15,18H,7-10,12-13H2,1-2H3,(H,23,27)(H,24,25,28). The van der Waals surface area contributed by atoms with Crippen LogP contribution < -0.4 is 10.6 Å². The first-order chi connectivity index (χ1) is 14.9. The molecule has 0 saturated carbocycles. The monoisotopic (exact) mass is 466 g/mol.